The Morgan fingerprint density at radius 1 is 1.48 bits per heavy atom. The molecule has 3 rings (SSSR count). The number of nitrogens with zero attached hydrogens (tertiary/aromatic N) is 2. The van der Waals surface area contributed by atoms with Gasteiger partial charge in [0.2, 0.25) is 0 Å². The molecule has 114 valence electrons. The molecule has 0 aliphatic carbocycles. The molecule has 1 aliphatic heterocycles. The average molecular weight is 291 g/mol. The first-order valence-corrected chi connectivity index (χ1v) is 7.69. The molecule has 21 heavy (non-hydrogen) atoms. The minimum atomic E-state index is -0.228. The summed E-state index contributed by atoms with van der Waals surface area (Å²) in [5, 5.41) is 0. The predicted molar refractivity (Wildman–Crippen MR) is 80.8 cm³/mol. The molecule has 0 saturated carbocycles. The zero-order valence-electron chi connectivity index (χ0n) is 12.4. The highest BCUT2D eigenvalue weighted by Gasteiger charge is 2.18. The standard InChI is InChI=1S/C16H22FN3O/c1-2-20(10-12-6-8-21-11-12)7-5-16-18-14-4-3-13(17)9-15(14)19-16/h3-4,9,12H,2,5-8,10-11H2,1H3,(H,18,19). The van der Waals surface area contributed by atoms with Crippen molar-refractivity contribution >= 4 is 11.0 Å². The van der Waals surface area contributed by atoms with Crippen LogP contribution in [0, 0.1) is 11.7 Å². The normalized spacial score (nSPS) is 18.9. The predicted octanol–water partition coefficient (Wildman–Crippen LogP) is 2.60. The maximum Gasteiger partial charge on any atom is 0.125 e. The van der Waals surface area contributed by atoms with Crippen LogP contribution >= 0.6 is 0 Å². The first-order chi connectivity index (χ1) is 10.2. The van der Waals surface area contributed by atoms with Gasteiger partial charge < -0.3 is 14.6 Å². The van der Waals surface area contributed by atoms with Crippen LogP contribution in [0.1, 0.15) is 19.2 Å². The zero-order valence-corrected chi connectivity index (χ0v) is 12.4. The van der Waals surface area contributed by atoms with Crippen LogP contribution in [-0.2, 0) is 11.2 Å². The monoisotopic (exact) mass is 291 g/mol. The molecule has 0 radical (unpaired) electrons. The van der Waals surface area contributed by atoms with E-state index in [9.17, 15) is 4.39 Å². The summed E-state index contributed by atoms with van der Waals surface area (Å²) in [4.78, 5) is 10.2. The molecule has 1 aromatic heterocycles. The molecule has 0 spiro atoms. The number of halogens is 1. The van der Waals surface area contributed by atoms with Crippen LogP contribution < -0.4 is 0 Å². The Morgan fingerprint density at radius 2 is 2.38 bits per heavy atom. The van der Waals surface area contributed by atoms with Gasteiger partial charge in [0.15, 0.2) is 0 Å². The van der Waals surface area contributed by atoms with Gasteiger partial charge >= 0.3 is 0 Å². The van der Waals surface area contributed by atoms with E-state index < -0.39 is 0 Å². The lowest BCUT2D eigenvalue weighted by atomic mass is 10.1. The first-order valence-electron chi connectivity index (χ1n) is 7.69. The molecule has 1 saturated heterocycles. The minimum absolute atomic E-state index is 0.228. The quantitative estimate of drug-likeness (QED) is 0.889. The summed E-state index contributed by atoms with van der Waals surface area (Å²) in [6, 6.07) is 4.67. The average Bonchev–Trinajstić information content (AvgIpc) is 3.11. The van der Waals surface area contributed by atoms with Crippen LogP contribution in [0.3, 0.4) is 0 Å². The van der Waals surface area contributed by atoms with Crippen LogP contribution in [0.25, 0.3) is 11.0 Å². The van der Waals surface area contributed by atoms with E-state index in [0.29, 0.717) is 5.92 Å². The molecule has 1 unspecified atom stereocenters. The van der Waals surface area contributed by atoms with Crippen molar-refractivity contribution < 1.29 is 9.13 Å². The van der Waals surface area contributed by atoms with E-state index in [1.807, 2.05) is 0 Å². The number of aromatic amines is 1. The Hall–Kier alpha value is -1.46. The second kappa shape index (κ2) is 6.54. The maximum atomic E-state index is 13.2. The molecule has 1 aromatic carbocycles. The third-order valence-electron chi connectivity index (χ3n) is 4.15. The summed E-state index contributed by atoms with van der Waals surface area (Å²) in [5.41, 5.74) is 1.61. The van der Waals surface area contributed by atoms with E-state index in [0.717, 1.165) is 56.1 Å². The van der Waals surface area contributed by atoms with Crippen LogP contribution in [-0.4, -0.2) is 47.7 Å². The van der Waals surface area contributed by atoms with Crippen molar-refractivity contribution in [1.82, 2.24) is 14.9 Å². The maximum absolute atomic E-state index is 13.2. The first kappa shape index (κ1) is 14.5. The highest BCUT2D eigenvalue weighted by atomic mass is 19.1. The number of H-pyrrole nitrogens is 1. The van der Waals surface area contributed by atoms with E-state index >= 15 is 0 Å². The van der Waals surface area contributed by atoms with Gasteiger partial charge in [0.1, 0.15) is 11.6 Å². The molecule has 2 aromatic rings. The lowest BCUT2D eigenvalue weighted by Gasteiger charge is -2.22. The molecule has 1 aliphatic rings. The summed E-state index contributed by atoms with van der Waals surface area (Å²) < 4.78 is 18.6. The van der Waals surface area contributed by atoms with Gasteiger partial charge in [-0.05, 0) is 37.1 Å². The lowest BCUT2D eigenvalue weighted by molar-refractivity contribution is 0.169. The van der Waals surface area contributed by atoms with Gasteiger partial charge in [0.25, 0.3) is 0 Å². The Balaban J connectivity index is 1.58. The minimum Gasteiger partial charge on any atom is -0.381 e. The number of benzene rings is 1. The van der Waals surface area contributed by atoms with E-state index in [1.165, 1.54) is 18.6 Å². The Kier molecular flexibility index (Phi) is 4.51. The van der Waals surface area contributed by atoms with Crippen molar-refractivity contribution in [2.75, 3.05) is 32.8 Å². The van der Waals surface area contributed by atoms with E-state index in [1.54, 1.807) is 6.07 Å². The van der Waals surface area contributed by atoms with Gasteiger partial charge in [0.05, 0.1) is 17.6 Å². The molecule has 2 heterocycles. The number of aromatic nitrogens is 2. The van der Waals surface area contributed by atoms with Gasteiger partial charge in [0, 0.05) is 26.1 Å². The molecule has 0 bridgehead atoms. The molecule has 5 heteroatoms. The van der Waals surface area contributed by atoms with Crippen LogP contribution in [0.5, 0.6) is 0 Å². The fraction of sp³-hybridized carbons (Fsp3) is 0.562. The highest BCUT2D eigenvalue weighted by Crippen LogP contribution is 2.15. The lowest BCUT2D eigenvalue weighted by Crippen LogP contribution is -2.31. The topological polar surface area (TPSA) is 41.2 Å². The third-order valence-corrected chi connectivity index (χ3v) is 4.15. The number of nitrogens with one attached hydrogen (secondary N) is 1. The molecular weight excluding hydrogens is 269 g/mol. The van der Waals surface area contributed by atoms with Crippen LogP contribution in [0.15, 0.2) is 18.2 Å². The van der Waals surface area contributed by atoms with E-state index in [-0.39, 0.29) is 5.82 Å². The van der Waals surface area contributed by atoms with Gasteiger partial charge in [-0.1, -0.05) is 6.92 Å². The Morgan fingerprint density at radius 3 is 3.14 bits per heavy atom. The van der Waals surface area contributed by atoms with Crippen molar-refractivity contribution in [3.05, 3.63) is 29.8 Å². The van der Waals surface area contributed by atoms with Crippen molar-refractivity contribution in [1.29, 1.82) is 0 Å². The van der Waals surface area contributed by atoms with Gasteiger partial charge in [-0.25, -0.2) is 9.37 Å². The summed E-state index contributed by atoms with van der Waals surface area (Å²) in [7, 11) is 0. The van der Waals surface area contributed by atoms with Crippen molar-refractivity contribution in [3.63, 3.8) is 0 Å². The van der Waals surface area contributed by atoms with Crippen LogP contribution in [0.2, 0.25) is 0 Å². The summed E-state index contributed by atoms with van der Waals surface area (Å²) >= 11 is 0. The second-order valence-electron chi connectivity index (χ2n) is 5.72. The smallest absolute Gasteiger partial charge is 0.125 e. The van der Waals surface area contributed by atoms with Crippen molar-refractivity contribution in [2.45, 2.75) is 19.8 Å². The molecule has 1 fully saturated rings. The van der Waals surface area contributed by atoms with Gasteiger partial charge in [-0.15, -0.1) is 0 Å². The molecule has 0 amide bonds. The third kappa shape index (κ3) is 3.60. The SMILES string of the molecule is CCN(CCc1nc2ccc(F)cc2[nH]1)CC1CCOC1. The second-order valence-corrected chi connectivity index (χ2v) is 5.72. The van der Waals surface area contributed by atoms with Crippen molar-refractivity contribution in [2.24, 2.45) is 5.92 Å². The Bertz CT molecular complexity index is 592. The number of fused-ring (bicyclic) bond motifs is 1. The summed E-state index contributed by atoms with van der Waals surface area (Å²) in [6.07, 6.45) is 2.03. The molecule has 1 N–H and O–H groups in total. The molecular formula is C16H22FN3O. The van der Waals surface area contributed by atoms with E-state index in [2.05, 4.69) is 21.8 Å². The van der Waals surface area contributed by atoms with Crippen LogP contribution in [0.4, 0.5) is 4.39 Å². The Labute approximate surface area is 124 Å². The fourth-order valence-electron chi connectivity index (χ4n) is 2.89. The zero-order chi connectivity index (χ0) is 14.7. The number of hydrogen-bond acceptors (Lipinski definition) is 3. The van der Waals surface area contributed by atoms with E-state index in [4.69, 9.17) is 4.74 Å². The molecule has 1 atom stereocenters. The largest absolute Gasteiger partial charge is 0.381 e. The molecule has 4 nitrogen and oxygen atoms in total. The van der Waals surface area contributed by atoms with Gasteiger partial charge in [-0.2, -0.15) is 0 Å². The number of imidazole rings is 1. The summed E-state index contributed by atoms with van der Waals surface area (Å²) in [5.74, 6) is 1.36. The number of rotatable bonds is 6. The number of ether oxygens (including phenoxy) is 1. The highest BCUT2D eigenvalue weighted by molar-refractivity contribution is 5.74. The number of likely N-dealkylation sites (N-methyl/N-ethyl adjacent to an activating group) is 1. The number of hydrogen-bond donors (Lipinski definition) is 1. The van der Waals surface area contributed by atoms with Gasteiger partial charge in [-0.3, -0.25) is 0 Å². The van der Waals surface area contributed by atoms with Crippen molar-refractivity contribution in [3.8, 4) is 0 Å². The summed E-state index contributed by atoms with van der Waals surface area (Å²) in [6.45, 7) is 7.06. The fourth-order valence-corrected chi connectivity index (χ4v) is 2.89.